The van der Waals surface area contributed by atoms with Crippen LogP contribution in [0.1, 0.15) is 25.5 Å². The molecule has 0 radical (unpaired) electrons. The lowest BCUT2D eigenvalue weighted by Crippen LogP contribution is -2.48. The van der Waals surface area contributed by atoms with Crippen LogP contribution in [-0.2, 0) is 14.4 Å². The van der Waals surface area contributed by atoms with Gasteiger partial charge in [0.05, 0.1) is 23.3 Å². The van der Waals surface area contributed by atoms with E-state index >= 15 is 0 Å². The highest BCUT2D eigenvalue weighted by Crippen LogP contribution is 2.30. The summed E-state index contributed by atoms with van der Waals surface area (Å²) in [5.41, 5.74) is 1.37. The maximum Gasteiger partial charge on any atom is 0.246 e. The Morgan fingerprint density at radius 3 is 2.86 bits per heavy atom. The molecule has 2 atom stereocenters. The van der Waals surface area contributed by atoms with Crippen LogP contribution in [0.4, 0.5) is 10.8 Å². The van der Waals surface area contributed by atoms with E-state index in [1.54, 1.807) is 15.9 Å². The van der Waals surface area contributed by atoms with Crippen LogP contribution in [0.2, 0.25) is 0 Å². The Labute approximate surface area is 173 Å². The molecule has 3 amide bonds. The molecule has 3 heterocycles. The molecule has 1 N–H and O–H groups in total. The number of carbonyl (C=O) groups excluding carboxylic acids is 3. The number of para-hydroxylation sites is 1. The smallest absolute Gasteiger partial charge is 0.246 e. The largest absolute Gasteiger partial charge is 0.354 e. The summed E-state index contributed by atoms with van der Waals surface area (Å²) in [4.78, 5) is 44.6. The minimum Gasteiger partial charge on any atom is -0.354 e. The fourth-order valence-corrected chi connectivity index (χ4v) is 4.79. The molecule has 0 unspecified atom stereocenters. The standard InChI is InChI=1S/C21H22N4O3S/c1-14(26)25(16-6-3-2-4-7-16)21-23-15(13-29-21)9-10-19(27)24-11-5-8-17-18(24)12-22-20(17)28/h2-4,6-7,9-10,13,17-18H,5,8,11-12H2,1H3,(H,22,28)/t17-,18-/m1/s1. The Balaban J connectivity index is 1.48. The molecule has 1 aromatic heterocycles. The van der Waals surface area contributed by atoms with Crippen molar-refractivity contribution < 1.29 is 14.4 Å². The summed E-state index contributed by atoms with van der Waals surface area (Å²) in [6.07, 6.45) is 4.84. The van der Waals surface area contributed by atoms with Crippen LogP contribution >= 0.6 is 11.3 Å². The first-order valence-corrected chi connectivity index (χ1v) is 10.5. The molecule has 150 valence electrons. The van der Waals surface area contributed by atoms with Crippen molar-refractivity contribution in [3.63, 3.8) is 0 Å². The predicted octanol–water partition coefficient (Wildman–Crippen LogP) is 2.58. The molecule has 4 rings (SSSR count). The Bertz CT molecular complexity index is 956. The molecular weight excluding hydrogens is 388 g/mol. The third-order valence-corrected chi connectivity index (χ3v) is 6.16. The highest BCUT2D eigenvalue weighted by molar-refractivity contribution is 7.14. The van der Waals surface area contributed by atoms with Gasteiger partial charge in [-0.3, -0.25) is 19.3 Å². The topological polar surface area (TPSA) is 82.6 Å². The van der Waals surface area contributed by atoms with Gasteiger partial charge in [0.25, 0.3) is 0 Å². The molecule has 0 bridgehead atoms. The maximum absolute atomic E-state index is 12.7. The number of anilines is 2. The number of benzene rings is 1. The summed E-state index contributed by atoms with van der Waals surface area (Å²) in [5, 5.41) is 5.23. The van der Waals surface area contributed by atoms with Gasteiger partial charge in [-0.1, -0.05) is 18.2 Å². The van der Waals surface area contributed by atoms with Crippen LogP contribution in [0.5, 0.6) is 0 Å². The third-order valence-electron chi connectivity index (χ3n) is 5.31. The average molecular weight is 410 g/mol. The summed E-state index contributed by atoms with van der Waals surface area (Å²) in [6.45, 7) is 2.68. The maximum atomic E-state index is 12.7. The number of rotatable bonds is 4. The quantitative estimate of drug-likeness (QED) is 0.786. The van der Waals surface area contributed by atoms with Crippen molar-refractivity contribution in [3.05, 3.63) is 47.5 Å². The molecule has 8 heteroatoms. The van der Waals surface area contributed by atoms with Gasteiger partial charge in [0.15, 0.2) is 5.13 Å². The number of amides is 3. The molecule has 0 saturated carbocycles. The molecule has 2 aromatic rings. The van der Waals surface area contributed by atoms with E-state index in [9.17, 15) is 14.4 Å². The molecule has 2 aliphatic heterocycles. The fraction of sp³-hybridized carbons (Fsp3) is 0.333. The first kappa shape index (κ1) is 19.3. The zero-order chi connectivity index (χ0) is 20.4. The highest BCUT2D eigenvalue weighted by Gasteiger charge is 2.42. The van der Waals surface area contributed by atoms with Gasteiger partial charge in [0.2, 0.25) is 17.7 Å². The van der Waals surface area contributed by atoms with Crippen molar-refractivity contribution in [1.29, 1.82) is 0 Å². The van der Waals surface area contributed by atoms with Crippen LogP contribution in [0.25, 0.3) is 6.08 Å². The fourth-order valence-electron chi connectivity index (χ4n) is 3.94. The van der Waals surface area contributed by atoms with Gasteiger partial charge in [0, 0.05) is 31.5 Å². The molecule has 29 heavy (non-hydrogen) atoms. The van der Waals surface area contributed by atoms with E-state index in [1.165, 1.54) is 24.3 Å². The average Bonchev–Trinajstić information content (AvgIpc) is 3.34. The Kier molecular flexibility index (Phi) is 5.44. The molecule has 0 aliphatic carbocycles. The van der Waals surface area contributed by atoms with Crippen molar-refractivity contribution in [2.45, 2.75) is 25.8 Å². The van der Waals surface area contributed by atoms with Gasteiger partial charge in [-0.25, -0.2) is 4.98 Å². The molecular formula is C21H22N4O3S. The summed E-state index contributed by atoms with van der Waals surface area (Å²) in [6, 6.07) is 9.27. The zero-order valence-corrected chi connectivity index (χ0v) is 16.9. The van der Waals surface area contributed by atoms with Crippen molar-refractivity contribution in [3.8, 4) is 0 Å². The normalized spacial score (nSPS) is 21.1. The molecule has 1 aromatic carbocycles. The van der Waals surface area contributed by atoms with Crippen LogP contribution in [0, 0.1) is 5.92 Å². The number of nitrogens with one attached hydrogen (secondary N) is 1. The predicted molar refractivity (Wildman–Crippen MR) is 112 cm³/mol. The van der Waals surface area contributed by atoms with Gasteiger partial charge < -0.3 is 10.2 Å². The second-order valence-electron chi connectivity index (χ2n) is 7.17. The number of hydrogen-bond donors (Lipinski definition) is 1. The van der Waals surface area contributed by atoms with Gasteiger partial charge in [-0.15, -0.1) is 11.3 Å². The highest BCUT2D eigenvalue weighted by atomic mass is 32.1. The van der Waals surface area contributed by atoms with Gasteiger partial charge in [0.1, 0.15) is 0 Å². The summed E-state index contributed by atoms with van der Waals surface area (Å²) >= 11 is 1.35. The second kappa shape index (κ2) is 8.16. The van der Waals surface area contributed by atoms with E-state index in [2.05, 4.69) is 10.3 Å². The lowest BCUT2D eigenvalue weighted by atomic mass is 9.91. The number of likely N-dealkylation sites (tertiary alicyclic amines) is 1. The van der Waals surface area contributed by atoms with Crippen LogP contribution < -0.4 is 10.2 Å². The summed E-state index contributed by atoms with van der Waals surface area (Å²) in [5.74, 6) is -0.292. The van der Waals surface area contributed by atoms with E-state index in [4.69, 9.17) is 0 Å². The van der Waals surface area contributed by atoms with Crippen LogP contribution in [-0.4, -0.2) is 46.7 Å². The molecule has 2 aliphatic rings. The number of carbonyl (C=O) groups is 3. The number of fused-ring (bicyclic) bond motifs is 1. The van der Waals surface area contributed by atoms with Crippen molar-refractivity contribution >= 4 is 46.0 Å². The van der Waals surface area contributed by atoms with E-state index in [0.29, 0.717) is 23.9 Å². The van der Waals surface area contributed by atoms with Crippen molar-refractivity contribution in [1.82, 2.24) is 15.2 Å². The first-order valence-electron chi connectivity index (χ1n) is 9.62. The lowest BCUT2D eigenvalue weighted by Gasteiger charge is -2.35. The molecule has 2 fully saturated rings. The van der Waals surface area contributed by atoms with Crippen LogP contribution in [0.3, 0.4) is 0 Å². The Morgan fingerprint density at radius 1 is 1.31 bits per heavy atom. The first-order chi connectivity index (χ1) is 14.0. The monoisotopic (exact) mass is 410 g/mol. The number of piperidine rings is 1. The minimum atomic E-state index is -0.130. The van der Waals surface area contributed by atoms with E-state index in [0.717, 1.165) is 18.5 Å². The van der Waals surface area contributed by atoms with Gasteiger partial charge in [-0.05, 0) is 31.1 Å². The SMILES string of the molecule is CC(=O)N(c1ccccc1)c1nc(C=CC(=O)N2CCC[C@H]3C(=O)NC[C@H]32)cs1. The number of nitrogens with zero attached hydrogens (tertiary/aromatic N) is 3. The second-order valence-corrected chi connectivity index (χ2v) is 8.01. The number of thiazole rings is 1. The van der Waals surface area contributed by atoms with Crippen molar-refractivity contribution in [2.75, 3.05) is 18.0 Å². The lowest BCUT2D eigenvalue weighted by molar-refractivity contribution is -0.132. The molecule has 2 saturated heterocycles. The zero-order valence-electron chi connectivity index (χ0n) is 16.1. The van der Waals surface area contributed by atoms with Gasteiger partial charge >= 0.3 is 0 Å². The minimum absolute atomic E-state index is 0.0471. The van der Waals surface area contributed by atoms with E-state index in [-0.39, 0.29) is 29.7 Å². The number of hydrogen-bond acceptors (Lipinski definition) is 5. The molecule has 7 nitrogen and oxygen atoms in total. The molecule has 0 spiro atoms. The summed E-state index contributed by atoms with van der Waals surface area (Å²) < 4.78 is 0. The van der Waals surface area contributed by atoms with E-state index < -0.39 is 0 Å². The van der Waals surface area contributed by atoms with E-state index in [1.807, 2.05) is 35.7 Å². The summed E-state index contributed by atoms with van der Waals surface area (Å²) in [7, 11) is 0. The third kappa shape index (κ3) is 3.93. The van der Waals surface area contributed by atoms with Gasteiger partial charge in [-0.2, -0.15) is 0 Å². The van der Waals surface area contributed by atoms with Crippen LogP contribution in [0.15, 0.2) is 41.8 Å². The number of aromatic nitrogens is 1. The van der Waals surface area contributed by atoms with Crippen molar-refractivity contribution in [2.24, 2.45) is 5.92 Å². The Morgan fingerprint density at radius 2 is 2.10 bits per heavy atom. The Hall–Kier alpha value is -3.00.